The molecular formula is C13H14BNO. The van der Waals surface area contributed by atoms with E-state index in [0.717, 1.165) is 42.4 Å². The first-order chi connectivity index (χ1) is 7.72. The molecule has 1 aromatic carbocycles. The summed E-state index contributed by atoms with van der Waals surface area (Å²) in [4.78, 5) is 12.2. The first-order valence-corrected chi connectivity index (χ1v) is 5.94. The highest BCUT2D eigenvalue weighted by Crippen LogP contribution is 2.46. The molecule has 1 aliphatic carbocycles. The number of hydrogen-bond acceptors (Lipinski definition) is 1. The van der Waals surface area contributed by atoms with Gasteiger partial charge in [0, 0.05) is 5.69 Å². The number of benzene rings is 1. The molecule has 1 saturated carbocycles. The molecular weight excluding hydrogens is 197 g/mol. The van der Waals surface area contributed by atoms with Crippen molar-refractivity contribution in [3.05, 3.63) is 23.8 Å². The van der Waals surface area contributed by atoms with Crippen LogP contribution in [0.25, 0.3) is 0 Å². The molecule has 2 radical (unpaired) electrons. The molecule has 3 heteroatoms. The van der Waals surface area contributed by atoms with Crippen LogP contribution >= 0.6 is 0 Å². The summed E-state index contributed by atoms with van der Waals surface area (Å²) in [6, 6.07) is 5.74. The molecule has 0 unspecified atom stereocenters. The molecule has 1 fully saturated rings. The molecule has 1 N–H and O–H groups in total. The lowest BCUT2D eigenvalue weighted by Gasteiger charge is -2.31. The topological polar surface area (TPSA) is 29.1 Å². The Morgan fingerprint density at radius 2 is 1.94 bits per heavy atom. The first kappa shape index (κ1) is 9.94. The summed E-state index contributed by atoms with van der Waals surface area (Å²) in [5.41, 5.74) is 2.56. The predicted octanol–water partition coefficient (Wildman–Crippen LogP) is 1.63. The maximum Gasteiger partial charge on any atom is 0.235 e. The van der Waals surface area contributed by atoms with Gasteiger partial charge >= 0.3 is 0 Å². The van der Waals surface area contributed by atoms with Crippen molar-refractivity contribution in [1.29, 1.82) is 0 Å². The number of carbonyl (C=O) groups excluding carboxylic acids is 1. The lowest BCUT2D eigenvalue weighted by Crippen LogP contribution is -2.36. The Morgan fingerprint density at radius 3 is 2.69 bits per heavy atom. The molecule has 16 heavy (non-hydrogen) atoms. The fraction of sp³-hybridized carbons (Fsp3) is 0.462. The zero-order valence-corrected chi connectivity index (χ0v) is 9.25. The van der Waals surface area contributed by atoms with Crippen LogP contribution in [0, 0.1) is 0 Å². The second kappa shape index (κ2) is 3.37. The lowest BCUT2D eigenvalue weighted by molar-refractivity contribution is -0.121. The Hall–Kier alpha value is -1.25. The van der Waals surface area contributed by atoms with Gasteiger partial charge in [-0.2, -0.15) is 0 Å². The van der Waals surface area contributed by atoms with Crippen molar-refractivity contribution in [2.24, 2.45) is 0 Å². The Morgan fingerprint density at radius 1 is 1.19 bits per heavy atom. The van der Waals surface area contributed by atoms with Crippen LogP contribution in [0.15, 0.2) is 18.2 Å². The zero-order chi connectivity index (χ0) is 11.2. The highest BCUT2D eigenvalue weighted by molar-refractivity contribution is 6.32. The van der Waals surface area contributed by atoms with E-state index < -0.39 is 0 Å². The second-order valence-electron chi connectivity index (χ2n) is 4.90. The molecule has 1 aliphatic heterocycles. The summed E-state index contributed by atoms with van der Waals surface area (Å²) >= 11 is 0. The SMILES string of the molecule is [B]c1ccc2c(c1)C1(CCCCC1)C(=O)N2. The van der Waals surface area contributed by atoms with Crippen molar-refractivity contribution in [1.82, 2.24) is 0 Å². The molecule has 1 aromatic rings. The van der Waals surface area contributed by atoms with Gasteiger partial charge in [0.15, 0.2) is 0 Å². The van der Waals surface area contributed by atoms with Gasteiger partial charge in [-0.25, -0.2) is 0 Å². The Balaban J connectivity index is 2.13. The van der Waals surface area contributed by atoms with E-state index in [1.807, 2.05) is 18.2 Å². The summed E-state index contributed by atoms with van der Waals surface area (Å²) in [5.74, 6) is 0.174. The van der Waals surface area contributed by atoms with Crippen LogP contribution in [0.3, 0.4) is 0 Å². The zero-order valence-electron chi connectivity index (χ0n) is 9.25. The third-order valence-electron chi connectivity index (χ3n) is 3.95. The molecule has 1 spiro atoms. The summed E-state index contributed by atoms with van der Waals surface area (Å²) in [6.07, 6.45) is 5.46. The molecule has 0 aromatic heterocycles. The normalized spacial score (nSPS) is 21.9. The van der Waals surface area contributed by atoms with Crippen molar-refractivity contribution >= 4 is 24.9 Å². The number of nitrogens with one attached hydrogen (secondary N) is 1. The van der Waals surface area contributed by atoms with Crippen molar-refractivity contribution in [2.45, 2.75) is 37.5 Å². The van der Waals surface area contributed by atoms with Gasteiger partial charge in [-0.3, -0.25) is 4.79 Å². The highest BCUT2D eigenvalue weighted by atomic mass is 16.2. The van der Waals surface area contributed by atoms with Crippen molar-refractivity contribution < 1.29 is 4.79 Å². The van der Waals surface area contributed by atoms with E-state index in [4.69, 9.17) is 7.85 Å². The number of rotatable bonds is 0. The van der Waals surface area contributed by atoms with Gasteiger partial charge in [0.05, 0.1) is 5.41 Å². The highest BCUT2D eigenvalue weighted by Gasteiger charge is 2.46. The molecule has 2 nitrogen and oxygen atoms in total. The fourth-order valence-electron chi connectivity index (χ4n) is 3.08. The Bertz CT molecular complexity index is 449. The molecule has 1 amide bonds. The predicted molar refractivity (Wildman–Crippen MR) is 65.2 cm³/mol. The number of amides is 1. The van der Waals surface area contributed by atoms with Crippen LogP contribution in [0.2, 0.25) is 0 Å². The number of fused-ring (bicyclic) bond motifs is 2. The smallest absolute Gasteiger partial charge is 0.235 e. The van der Waals surface area contributed by atoms with Gasteiger partial charge in [0.2, 0.25) is 5.91 Å². The Kier molecular flexibility index (Phi) is 2.10. The van der Waals surface area contributed by atoms with Gasteiger partial charge in [0.25, 0.3) is 0 Å². The van der Waals surface area contributed by atoms with Gasteiger partial charge in [0.1, 0.15) is 7.85 Å². The Labute approximate surface area is 96.8 Å². The minimum atomic E-state index is -0.275. The summed E-state index contributed by atoms with van der Waals surface area (Å²) in [5, 5.41) is 2.99. The van der Waals surface area contributed by atoms with Gasteiger partial charge in [-0.15, -0.1) is 0 Å². The van der Waals surface area contributed by atoms with E-state index in [1.54, 1.807) is 0 Å². The third-order valence-corrected chi connectivity index (χ3v) is 3.95. The fourth-order valence-corrected chi connectivity index (χ4v) is 3.08. The quantitative estimate of drug-likeness (QED) is 0.649. The van der Waals surface area contributed by atoms with E-state index in [2.05, 4.69) is 5.32 Å². The van der Waals surface area contributed by atoms with Crippen molar-refractivity contribution in [3.8, 4) is 0 Å². The molecule has 0 atom stereocenters. The minimum Gasteiger partial charge on any atom is -0.325 e. The monoisotopic (exact) mass is 211 g/mol. The molecule has 80 valence electrons. The van der Waals surface area contributed by atoms with Gasteiger partial charge < -0.3 is 5.32 Å². The molecule has 0 saturated heterocycles. The van der Waals surface area contributed by atoms with E-state index in [0.29, 0.717) is 0 Å². The molecule has 1 heterocycles. The van der Waals surface area contributed by atoms with E-state index in [-0.39, 0.29) is 11.3 Å². The maximum absolute atomic E-state index is 12.2. The van der Waals surface area contributed by atoms with E-state index >= 15 is 0 Å². The van der Waals surface area contributed by atoms with Crippen LogP contribution in [-0.2, 0) is 10.2 Å². The van der Waals surface area contributed by atoms with Crippen LogP contribution in [0.4, 0.5) is 5.69 Å². The largest absolute Gasteiger partial charge is 0.325 e. The minimum absolute atomic E-state index is 0.174. The van der Waals surface area contributed by atoms with Crippen molar-refractivity contribution in [2.75, 3.05) is 5.32 Å². The molecule has 2 aliphatic rings. The van der Waals surface area contributed by atoms with Crippen molar-refractivity contribution in [3.63, 3.8) is 0 Å². The number of hydrogen-bond donors (Lipinski definition) is 1. The van der Waals surface area contributed by atoms with Crippen LogP contribution in [-0.4, -0.2) is 13.8 Å². The average Bonchev–Trinajstić information content (AvgIpc) is 2.55. The summed E-state index contributed by atoms with van der Waals surface area (Å²) < 4.78 is 0. The average molecular weight is 211 g/mol. The van der Waals surface area contributed by atoms with Crippen LogP contribution < -0.4 is 10.8 Å². The van der Waals surface area contributed by atoms with E-state index in [9.17, 15) is 4.79 Å². The molecule has 0 bridgehead atoms. The standard InChI is InChI=1S/C13H14BNO/c14-9-4-5-11-10(8-9)13(12(16)15-11)6-2-1-3-7-13/h4-5,8H,1-3,6-7H2,(H,15,16). The van der Waals surface area contributed by atoms with Gasteiger partial charge in [-0.1, -0.05) is 36.9 Å². The first-order valence-electron chi connectivity index (χ1n) is 5.94. The van der Waals surface area contributed by atoms with E-state index in [1.165, 1.54) is 6.42 Å². The number of carbonyl (C=O) groups is 1. The second-order valence-corrected chi connectivity index (χ2v) is 4.90. The number of anilines is 1. The third kappa shape index (κ3) is 1.24. The summed E-state index contributed by atoms with van der Waals surface area (Å²) in [7, 11) is 5.83. The summed E-state index contributed by atoms with van der Waals surface area (Å²) in [6.45, 7) is 0. The molecule has 3 rings (SSSR count). The van der Waals surface area contributed by atoms with Crippen LogP contribution in [0.5, 0.6) is 0 Å². The van der Waals surface area contributed by atoms with Gasteiger partial charge in [-0.05, 0) is 24.5 Å². The lowest BCUT2D eigenvalue weighted by atomic mass is 9.69. The van der Waals surface area contributed by atoms with Crippen LogP contribution in [0.1, 0.15) is 37.7 Å². The maximum atomic E-state index is 12.2.